The summed E-state index contributed by atoms with van der Waals surface area (Å²) in [6.07, 6.45) is 4.37. The van der Waals surface area contributed by atoms with Crippen molar-refractivity contribution in [2.75, 3.05) is 7.05 Å². The van der Waals surface area contributed by atoms with E-state index in [1.54, 1.807) is 0 Å². The first kappa shape index (κ1) is 8.18. The Morgan fingerprint density at radius 2 is 2.18 bits per heavy atom. The first-order valence-electron chi connectivity index (χ1n) is 3.91. The molecule has 0 radical (unpaired) electrons. The number of hydrogen-bond donors (Lipinski definition) is 0. The minimum absolute atomic E-state index is 0.262. The van der Waals surface area contributed by atoms with Crippen LogP contribution >= 0.6 is 0 Å². The van der Waals surface area contributed by atoms with Crippen LogP contribution in [0.2, 0.25) is 0 Å². The zero-order chi connectivity index (χ0) is 8.43. The maximum Gasteiger partial charge on any atom is 0.175 e. The highest BCUT2D eigenvalue weighted by atomic mass is 16.1. The molecule has 2 nitrogen and oxygen atoms in total. The van der Waals surface area contributed by atoms with Gasteiger partial charge in [0.25, 0.3) is 0 Å². The number of allylic oxidation sites excluding steroid dienone is 1. The molecule has 0 spiro atoms. The molecule has 0 saturated heterocycles. The molecule has 0 unspecified atom stereocenters. The van der Waals surface area contributed by atoms with Gasteiger partial charge < -0.3 is 0 Å². The Morgan fingerprint density at radius 3 is 2.64 bits per heavy atom. The van der Waals surface area contributed by atoms with Crippen molar-refractivity contribution in [2.24, 2.45) is 5.92 Å². The van der Waals surface area contributed by atoms with Crippen LogP contribution in [0.25, 0.3) is 0 Å². The van der Waals surface area contributed by atoms with Crippen LogP contribution in [0.3, 0.4) is 0 Å². The van der Waals surface area contributed by atoms with Crippen molar-refractivity contribution in [2.45, 2.75) is 20.3 Å². The third-order valence-corrected chi connectivity index (χ3v) is 1.85. The minimum atomic E-state index is 0.262. The molecule has 1 rings (SSSR count). The topological polar surface area (TPSA) is 20.1 Å². The quantitative estimate of drug-likeness (QED) is 0.517. The van der Waals surface area contributed by atoms with Gasteiger partial charge in [-0.05, 0) is 5.92 Å². The first-order valence-corrected chi connectivity index (χ1v) is 3.91. The molecule has 0 aromatic rings. The summed E-state index contributed by atoms with van der Waals surface area (Å²) in [5, 5.41) is 0. The summed E-state index contributed by atoms with van der Waals surface area (Å²) in [6.45, 7) is 4.09. The molecule has 0 saturated carbocycles. The molecule has 0 amide bonds. The average molecular weight is 152 g/mol. The standard InChI is InChI=1S/C9H14NO/c1-7(2)8-6-10(3)5-4-9(8)11/h5-7H,4H2,1-3H3/q+1. The lowest BCUT2D eigenvalue weighted by Gasteiger charge is -2.08. The van der Waals surface area contributed by atoms with Gasteiger partial charge in [0.2, 0.25) is 0 Å². The second kappa shape index (κ2) is 2.99. The molecule has 0 atom stereocenters. The highest BCUT2D eigenvalue weighted by Gasteiger charge is 2.19. The van der Waals surface area contributed by atoms with E-state index < -0.39 is 0 Å². The van der Waals surface area contributed by atoms with Crippen LogP contribution in [0.5, 0.6) is 0 Å². The highest BCUT2D eigenvalue weighted by Crippen LogP contribution is 2.13. The molecule has 0 aliphatic carbocycles. The van der Waals surface area contributed by atoms with E-state index in [9.17, 15) is 4.79 Å². The summed E-state index contributed by atoms with van der Waals surface area (Å²) in [4.78, 5) is 11.3. The van der Waals surface area contributed by atoms with Gasteiger partial charge in [-0.2, -0.15) is 0 Å². The predicted octanol–water partition coefficient (Wildman–Crippen LogP) is 1.21. The Morgan fingerprint density at radius 1 is 1.55 bits per heavy atom. The Kier molecular flexibility index (Phi) is 2.22. The molecule has 11 heavy (non-hydrogen) atoms. The van der Waals surface area contributed by atoms with Gasteiger partial charge in [0.1, 0.15) is 7.05 Å². The SMILES string of the molecule is CC(C)C1=C[N+](C)=CCC1=O. The lowest BCUT2D eigenvalue weighted by molar-refractivity contribution is -0.420. The molecule has 0 aromatic carbocycles. The monoisotopic (exact) mass is 152 g/mol. The minimum Gasteiger partial charge on any atom is -0.294 e. The van der Waals surface area contributed by atoms with E-state index in [0.717, 1.165) is 5.57 Å². The first-order chi connectivity index (χ1) is 5.11. The van der Waals surface area contributed by atoms with Crippen molar-refractivity contribution >= 4 is 12.0 Å². The number of ketones is 1. The van der Waals surface area contributed by atoms with E-state index in [2.05, 4.69) is 0 Å². The summed E-state index contributed by atoms with van der Waals surface area (Å²) < 4.78 is 1.96. The lowest BCUT2D eigenvalue weighted by atomic mass is 9.97. The molecular formula is C9H14NO+. The molecule has 2 heteroatoms. The van der Waals surface area contributed by atoms with E-state index in [4.69, 9.17) is 0 Å². The van der Waals surface area contributed by atoms with Crippen LogP contribution in [0, 0.1) is 5.92 Å². The van der Waals surface area contributed by atoms with Gasteiger partial charge in [-0.1, -0.05) is 13.8 Å². The number of carbonyl (C=O) groups is 1. The smallest absolute Gasteiger partial charge is 0.175 e. The Labute approximate surface area is 67.2 Å². The number of carbonyl (C=O) groups excluding carboxylic acids is 1. The predicted molar refractivity (Wildman–Crippen MR) is 44.8 cm³/mol. The highest BCUT2D eigenvalue weighted by molar-refractivity contribution is 6.03. The fraction of sp³-hybridized carbons (Fsp3) is 0.556. The van der Waals surface area contributed by atoms with Gasteiger partial charge in [0.15, 0.2) is 18.2 Å². The van der Waals surface area contributed by atoms with Gasteiger partial charge in [0.05, 0.1) is 12.0 Å². The Hall–Kier alpha value is -0.920. The van der Waals surface area contributed by atoms with Gasteiger partial charge in [-0.25, -0.2) is 4.58 Å². The van der Waals surface area contributed by atoms with E-state index in [1.807, 2.05) is 37.9 Å². The van der Waals surface area contributed by atoms with Crippen molar-refractivity contribution in [3.05, 3.63) is 11.8 Å². The van der Waals surface area contributed by atoms with Gasteiger partial charge in [-0.3, -0.25) is 4.79 Å². The van der Waals surface area contributed by atoms with Gasteiger partial charge >= 0.3 is 0 Å². The van der Waals surface area contributed by atoms with Crippen LogP contribution in [-0.4, -0.2) is 23.6 Å². The third kappa shape index (κ3) is 1.76. The summed E-state index contributed by atoms with van der Waals surface area (Å²) in [5.41, 5.74) is 0.940. The summed E-state index contributed by atoms with van der Waals surface area (Å²) in [6, 6.07) is 0. The van der Waals surface area contributed by atoms with E-state index >= 15 is 0 Å². The number of hydrogen-bond acceptors (Lipinski definition) is 1. The fourth-order valence-electron chi connectivity index (χ4n) is 1.16. The molecule has 60 valence electrons. The van der Waals surface area contributed by atoms with Gasteiger partial charge in [-0.15, -0.1) is 0 Å². The van der Waals surface area contributed by atoms with Gasteiger partial charge in [0, 0.05) is 0 Å². The molecule has 0 N–H and O–H groups in total. The van der Waals surface area contributed by atoms with Crippen molar-refractivity contribution in [3.8, 4) is 0 Å². The number of Topliss-reactive ketones (excluding diaryl/α,β-unsaturated/α-hetero) is 1. The van der Waals surface area contributed by atoms with E-state index in [-0.39, 0.29) is 5.78 Å². The van der Waals surface area contributed by atoms with Crippen molar-refractivity contribution in [1.82, 2.24) is 0 Å². The second-order valence-electron chi connectivity index (χ2n) is 3.21. The van der Waals surface area contributed by atoms with E-state index in [1.165, 1.54) is 0 Å². The summed E-state index contributed by atoms with van der Waals surface area (Å²) in [7, 11) is 1.95. The largest absolute Gasteiger partial charge is 0.294 e. The Balaban J connectivity index is 2.90. The third-order valence-electron chi connectivity index (χ3n) is 1.85. The van der Waals surface area contributed by atoms with Crippen LogP contribution < -0.4 is 0 Å². The summed E-state index contributed by atoms with van der Waals surface area (Å²) >= 11 is 0. The summed E-state index contributed by atoms with van der Waals surface area (Å²) in [5.74, 6) is 0.608. The maximum absolute atomic E-state index is 11.3. The fourth-order valence-corrected chi connectivity index (χ4v) is 1.16. The Bertz CT molecular complexity index is 236. The lowest BCUT2D eigenvalue weighted by Crippen LogP contribution is -2.18. The number of nitrogens with zero attached hydrogens (tertiary/aromatic N) is 1. The van der Waals surface area contributed by atoms with Crippen LogP contribution in [0.4, 0.5) is 0 Å². The number of rotatable bonds is 1. The van der Waals surface area contributed by atoms with Crippen molar-refractivity contribution in [1.29, 1.82) is 0 Å². The maximum atomic E-state index is 11.3. The average Bonchev–Trinajstić information content (AvgIpc) is 1.94. The second-order valence-corrected chi connectivity index (χ2v) is 3.21. The zero-order valence-electron chi connectivity index (χ0n) is 7.29. The molecule has 1 aliphatic heterocycles. The zero-order valence-corrected chi connectivity index (χ0v) is 7.29. The normalized spacial score (nSPS) is 18.4. The molecule has 1 heterocycles. The molecular weight excluding hydrogens is 138 g/mol. The molecule has 0 aromatic heterocycles. The van der Waals surface area contributed by atoms with Crippen LogP contribution in [-0.2, 0) is 4.79 Å². The molecule has 0 bridgehead atoms. The van der Waals surface area contributed by atoms with E-state index in [0.29, 0.717) is 12.3 Å². The molecule has 1 aliphatic rings. The van der Waals surface area contributed by atoms with Crippen molar-refractivity contribution in [3.63, 3.8) is 0 Å². The van der Waals surface area contributed by atoms with Crippen LogP contribution in [0.1, 0.15) is 20.3 Å². The van der Waals surface area contributed by atoms with Crippen molar-refractivity contribution < 1.29 is 9.37 Å². The molecule has 0 fully saturated rings. The van der Waals surface area contributed by atoms with Crippen LogP contribution in [0.15, 0.2) is 11.8 Å².